The topological polar surface area (TPSA) is 94.4 Å². The van der Waals surface area contributed by atoms with Crippen molar-refractivity contribution in [3.63, 3.8) is 0 Å². The third-order valence-corrected chi connectivity index (χ3v) is 2.74. The molecule has 108 valence electrons. The number of rotatable bonds is 5. The molecular formula is C13H10ClN3O4. The molecule has 21 heavy (non-hydrogen) atoms. The maximum atomic E-state index is 11.9. The summed E-state index contributed by atoms with van der Waals surface area (Å²) in [6, 6.07) is 10.3. The third kappa shape index (κ3) is 3.98. The van der Waals surface area contributed by atoms with Gasteiger partial charge in [0.15, 0.2) is 0 Å². The summed E-state index contributed by atoms with van der Waals surface area (Å²) in [5, 5.41) is 10.8. The van der Waals surface area contributed by atoms with Gasteiger partial charge in [0, 0.05) is 0 Å². The van der Waals surface area contributed by atoms with Crippen molar-refractivity contribution in [3.05, 3.63) is 69.0 Å². The van der Waals surface area contributed by atoms with Crippen LogP contribution >= 0.6 is 11.6 Å². The maximum absolute atomic E-state index is 11.9. The molecule has 1 N–H and O–H groups in total. The summed E-state index contributed by atoms with van der Waals surface area (Å²) in [6.07, 6.45) is 0.925. The zero-order valence-electron chi connectivity index (χ0n) is 10.7. The summed E-state index contributed by atoms with van der Waals surface area (Å²) >= 11 is 5.64. The highest BCUT2D eigenvalue weighted by Gasteiger charge is 2.21. The van der Waals surface area contributed by atoms with Crippen LogP contribution in [0.3, 0.4) is 0 Å². The summed E-state index contributed by atoms with van der Waals surface area (Å²) in [4.78, 5) is 30.6. The Bertz CT molecular complexity index is 664. The van der Waals surface area contributed by atoms with Gasteiger partial charge in [-0.3, -0.25) is 19.7 Å². The number of hydrogen-bond acceptors (Lipinski definition) is 5. The Hall–Kier alpha value is -2.51. The Morgan fingerprint density at radius 2 is 2.10 bits per heavy atom. The van der Waals surface area contributed by atoms with Crippen molar-refractivity contribution in [1.29, 1.82) is 0 Å². The van der Waals surface area contributed by atoms with Crippen molar-refractivity contribution >= 4 is 23.2 Å². The molecular weight excluding hydrogens is 298 g/mol. The monoisotopic (exact) mass is 307 g/mol. The van der Waals surface area contributed by atoms with E-state index >= 15 is 0 Å². The lowest BCUT2D eigenvalue weighted by atomic mass is 10.2. The number of pyridine rings is 1. The van der Waals surface area contributed by atoms with Crippen LogP contribution in [0.15, 0.2) is 42.6 Å². The summed E-state index contributed by atoms with van der Waals surface area (Å²) < 4.78 is 0. The number of carbonyl (C=O) groups is 1. The second kappa shape index (κ2) is 6.78. The van der Waals surface area contributed by atoms with E-state index in [1.807, 2.05) is 30.3 Å². The lowest BCUT2D eigenvalue weighted by Gasteiger charge is -2.06. The molecule has 7 nitrogen and oxygen atoms in total. The Labute approximate surface area is 124 Å². The van der Waals surface area contributed by atoms with Crippen LogP contribution in [-0.2, 0) is 11.4 Å². The number of nitro groups is 1. The standard InChI is InChI=1S/C13H10ClN3O4/c14-12-6-10(11(7-15-12)17(19)20)13(18)16-21-8-9-4-2-1-3-5-9/h1-7H,8H2,(H,16,18). The predicted octanol–water partition coefficient (Wildman–Crippen LogP) is 2.50. The van der Waals surface area contributed by atoms with Crippen LogP contribution in [0.5, 0.6) is 0 Å². The Morgan fingerprint density at radius 1 is 1.38 bits per heavy atom. The quantitative estimate of drug-likeness (QED) is 0.520. The van der Waals surface area contributed by atoms with Gasteiger partial charge in [-0.25, -0.2) is 10.5 Å². The largest absolute Gasteiger partial charge is 0.300 e. The molecule has 0 radical (unpaired) electrons. The van der Waals surface area contributed by atoms with Crippen LogP contribution < -0.4 is 5.48 Å². The average molecular weight is 308 g/mol. The molecule has 1 heterocycles. The lowest BCUT2D eigenvalue weighted by molar-refractivity contribution is -0.385. The van der Waals surface area contributed by atoms with E-state index < -0.39 is 16.5 Å². The summed E-state index contributed by atoms with van der Waals surface area (Å²) in [5.41, 5.74) is 2.33. The van der Waals surface area contributed by atoms with Gasteiger partial charge in [0.2, 0.25) is 0 Å². The molecule has 8 heteroatoms. The van der Waals surface area contributed by atoms with Crippen LogP contribution in [-0.4, -0.2) is 15.8 Å². The molecule has 0 bridgehead atoms. The highest BCUT2D eigenvalue weighted by Crippen LogP contribution is 2.20. The fraction of sp³-hybridized carbons (Fsp3) is 0.0769. The molecule has 1 aromatic heterocycles. The SMILES string of the molecule is O=C(NOCc1ccccc1)c1cc(Cl)ncc1[N+](=O)[O-]. The number of hydrogen-bond donors (Lipinski definition) is 1. The van der Waals surface area contributed by atoms with Crippen molar-refractivity contribution in [1.82, 2.24) is 10.5 Å². The van der Waals surface area contributed by atoms with E-state index in [2.05, 4.69) is 10.5 Å². The first-order chi connectivity index (χ1) is 10.1. The molecule has 0 aliphatic carbocycles. The number of hydroxylamine groups is 1. The van der Waals surface area contributed by atoms with E-state index in [9.17, 15) is 14.9 Å². The van der Waals surface area contributed by atoms with Gasteiger partial charge >= 0.3 is 0 Å². The van der Waals surface area contributed by atoms with Gasteiger partial charge in [-0.15, -0.1) is 0 Å². The van der Waals surface area contributed by atoms with E-state index in [1.165, 1.54) is 0 Å². The van der Waals surface area contributed by atoms with Crippen LogP contribution in [0.2, 0.25) is 5.15 Å². The van der Waals surface area contributed by atoms with E-state index in [-0.39, 0.29) is 17.3 Å². The van der Waals surface area contributed by atoms with Crippen molar-refractivity contribution in [3.8, 4) is 0 Å². The van der Waals surface area contributed by atoms with Crippen LogP contribution in [0.4, 0.5) is 5.69 Å². The molecule has 0 unspecified atom stereocenters. The number of halogens is 1. The van der Waals surface area contributed by atoms with Gasteiger partial charge in [-0.05, 0) is 11.6 Å². The molecule has 0 fully saturated rings. The minimum Gasteiger partial charge on any atom is -0.269 e. The highest BCUT2D eigenvalue weighted by atomic mass is 35.5. The van der Waals surface area contributed by atoms with Crippen molar-refractivity contribution in [2.75, 3.05) is 0 Å². The lowest BCUT2D eigenvalue weighted by Crippen LogP contribution is -2.24. The van der Waals surface area contributed by atoms with Crippen molar-refractivity contribution in [2.45, 2.75) is 6.61 Å². The molecule has 0 atom stereocenters. The maximum Gasteiger partial charge on any atom is 0.300 e. The van der Waals surface area contributed by atoms with E-state index in [0.717, 1.165) is 17.8 Å². The molecule has 0 aliphatic heterocycles. The average Bonchev–Trinajstić information content (AvgIpc) is 2.47. The third-order valence-electron chi connectivity index (χ3n) is 2.54. The molecule has 0 aliphatic rings. The summed E-state index contributed by atoms with van der Waals surface area (Å²) in [5.74, 6) is -0.762. The first-order valence-corrected chi connectivity index (χ1v) is 6.21. The van der Waals surface area contributed by atoms with Crippen molar-refractivity contribution < 1.29 is 14.6 Å². The minimum absolute atomic E-state index is 0.0196. The van der Waals surface area contributed by atoms with E-state index in [0.29, 0.717) is 0 Å². The second-order valence-electron chi connectivity index (χ2n) is 3.99. The number of carbonyl (C=O) groups excluding carboxylic acids is 1. The number of nitrogens with zero attached hydrogens (tertiary/aromatic N) is 2. The van der Waals surface area contributed by atoms with Gasteiger partial charge < -0.3 is 0 Å². The molecule has 0 spiro atoms. The van der Waals surface area contributed by atoms with E-state index in [4.69, 9.17) is 16.4 Å². The Kier molecular flexibility index (Phi) is 4.81. The van der Waals surface area contributed by atoms with Crippen molar-refractivity contribution in [2.24, 2.45) is 0 Å². The normalized spacial score (nSPS) is 10.1. The molecule has 0 saturated carbocycles. The fourth-order valence-corrected chi connectivity index (χ4v) is 1.72. The zero-order valence-corrected chi connectivity index (χ0v) is 11.4. The van der Waals surface area contributed by atoms with Gasteiger partial charge in [-0.1, -0.05) is 41.9 Å². The number of benzene rings is 1. The van der Waals surface area contributed by atoms with Crippen LogP contribution in [0, 0.1) is 10.1 Å². The first-order valence-electron chi connectivity index (χ1n) is 5.84. The summed E-state index contributed by atoms with van der Waals surface area (Å²) in [7, 11) is 0. The van der Waals surface area contributed by atoms with Crippen LogP contribution in [0.25, 0.3) is 0 Å². The number of aromatic nitrogens is 1. The molecule has 2 aromatic rings. The summed E-state index contributed by atoms with van der Waals surface area (Å²) in [6.45, 7) is 0.138. The number of nitrogens with one attached hydrogen (secondary N) is 1. The van der Waals surface area contributed by atoms with Gasteiger partial charge in [0.1, 0.15) is 16.9 Å². The van der Waals surface area contributed by atoms with Gasteiger partial charge in [0.25, 0.3) is 11.6 Å². The molecule has 2 rings (SSSR count). The Morgan fingerprint density at radius 3 is 2.76 bits per heavy atom. The minimum atomic E-state index is -0.762. The smallest absolute Gasteiger partial charge is 0.269 e. The molecule has 1 amide bonds. The molecule has 1 aromatic carbocycles. The highest BCUT2D eigenvalue weighted by molar-refractivity contribution is 6.29. The molecule has 0 saturated heterocycles. The first kappa shape index (κ1) is 14.9. The number of amides is 1. The fourth-order valence-electron chi connectivity index (χ4n) is 1.56. The zero-order chi connectivity index (χ0) is 15.2. The van der Waals surface area contributed by atoms with Crippen LogP contribution in [0.1, 0.15) is 15.9 Å². The predicted molar refractivity (Wildman–Crippen MR) is 74.6 cm³/mol. The van der Waals surface area contributed by atoms with Gasteiger partial charge in [-0.2, -0.15) is 0 Å². The van der Waals surface area contributed by atoms with Gasteiger partial charge in [0.05, 0.1) is 11.5 Å². The Balaban J connectivity index is 2.03. The second-order valence-corrected chi connectivity index (χ2v) is 4.37. The van der Waals surface area contributed by atoms with E-state index in [1.54, 1.807) is 0 Å².